The van der Waals surface area contributed by atoms with Crippen LogP contribution in [0, 0.1) is 4.77 Å². The maximum Gasteiger partial charge on any atom is 0.174 e. The number of hydrogen-bond donors (Lipinski definition) is 2. The quantitative estimate of drug-likeness (QED) is 0.714. The highest BCUT2D eigenvalue weighted by Gasteiger charge is 2.07. The lowest BCUT2D eigenvalue weighted by Crippen LogP contribution is -2.14. The molecule has 3 rings (SSSR count). The summed E-state index contributed by atoms with van der Waals surface area (Å²) in [6.07, 6.45) is 2.90. The maximum absolute atomic E-state index is 5.30. The Labute approximate surface area is 138 Å². The standard InChI is InChI=1S/C8H8O2.C5H8N2S.2C2H6/c1-2-4-8-7(3-1)9-5-6-10-8;1-2-4-3-6-5(8)7-4;2*1-2/h1-4H,5-6H2;3H,2H2,1H3,(H2,6,7,8);2*1-2H3. The van der Waals surface area contributed by atoms with Gasteiger partial charge in [0.2, 0.25) is 0 Å². The zero-order valence-electron chi connectivity index (χ0n) is 14.2. The van der Waals surface area contributed by atoms with Crippen LogP contribution in [-0.4, -0.2) is 23.2 Å². The Hall–Kier alpha value is -1.75. The van der Waals surface area contributed by atoms with Crippen molar-refractivity contribution < 1.29 is 9.47 Å². The van der Waals surface area contributed by atoms with Gasteiger partial charge in [-0.2, -0.15) is 0 Å². The molecule has 2 heterocycles. The van der Waals surface area contributed by atoms with Crippen LogP contribution in [0.15, 0.2) is 30.5 Å². The third-order valence-corrected chi connectivity index (χ3v) is 2.70. The van der Waals surface area contributed by atoms with Gasteiger partial charge in [-0.3, -0.25) is 0 Å². The molecule has 1 aromatic heterocycles. The molecular formula is C17H28N2O2S. The lowest BCUT2D eigenvalue weighted by molar-refractivity contribution is 0.171. The van der Waals surface area contributed by atoms with Crippen LogP contribution in [0.1, 0.15) is 40.3 Å². The summed E-state index contributed by atoms with van der Waals surface area (Å²) in [6, 6.07) is 7.70. The van der Waals surface area contributed by atoms with Crippen molar-refractivity contribution >= 4 is 12.2 Å². The van der Waals surface area contributed by atoms with Gasteiger partial charge in [-0.15, -0.1) is 0 Å². The molecule has 0 fully saturated rings. The number of hydrogen-bond acceptors (Lipinski definition) is 3. The van der Waals surface area contributed by atoms with Gasteiger partial charge in [-0.25, -0.2) is 0 Å². The first-order valence-electron chi connectivity index (χ1n) is 7.91. The Morgan fingerprint density at radius 3 is 1.82 bits per heavy atom. The summed E-state index contributed by atoms with van der Waals surface area (Å²) in [5, 5.41) is 0. The Kier molecular flexibility index (Phi) is 11.9. The molecule has 22 heavy (non-hydrogen) atoms. The average molecular weight is 324 g/mol. The second-order valence-corrected chi connectivity index (χ2v) is 4.17. The predicted molar refractivity (Wildman–Crippen MR) is 95.5 cm³/mol. The highest BCUT2D eigenvalue weighted by molar-refractivity contribution is 7.71. The molecule has 0 bridgehead atoms. The van der Waals surface area contributed by atoms with Crippen LogP contribution >= 0.6 is 12.2 Å². The molecule has 0 aliphatic carbocycles. The van der Waals surface area contributed by atoms with Crippen LogP contribution in [0.3, 0.4) is 0 Å². The number of fused-ring (bicyclic) bond motifs is 1. The largest absolute Gasteiger partial charge is 0.486 e. The van der Waals surface area contributed by atoms with Gasteiger partial charge >= 0.3 is 0 Å². The molecule has 2 N–H and O–H groups in total. The predicted octanol–water partition coefficient (Wildman–Crippen LogP) is 5.14. The number of para-hydroxylation sites is 2. The highest BCUT2D eigenvalue weighted by atomic mass is 32.1. The fourth-order valence-corrected chi connectivity index (χ4v) is 1.74. The number of aromatic amines is 2. The van der Waals surface area contributed by atoms with Crippen LogP contribution in [0.2, 0.25) is 0 Å². The van der Waals surface area contributed by atoms with Crippen LogP contribution in [0.5, 0.6) is 11.5 Å². The minimum atomic E-state index is 0.664. The van der Waals surface area contributed by atoms with Gasteiger partial charge in [0, 0.05) is 11.9 Å². The van der Waals surface area contributed by atoms with E-state index in [1.54, 1.807) is 0 Å². The fraction of sp³-hybridized carbons (Fsp3) is 0.471. The Morgan fingerprint density at radius 2 is 1.50 bits per heavy atom. The molecule has 1 aliphatic heterocycles. The van der Waals surface area contributed by atoms with E-state index in [1.807, 2.05) is 58.2 Å². The van der Waals surface area contributed by atoms with Crippen molar-refractivity contribution in [1.29, 1.82) is 0 Å². The van der Waals surface area contributed by atoms with E-state index in [4.69, 9.17) is 21.7 Å². The number of ether oxygens (including phenoxy) is 2. The number of imidazole rings is 1. The summed E-state index contributed by atoms with van der Waals surface area (Å²) < 4.78 is 11.3. The van der Waals surface area contributed by atoms with Crippen molar-refractivity contribution in [2.45, 2.75) is 41.0 Å². The molecule has 124 valence electrons. The number of H-pyrrole nitrogens is 2. The molecule has 4 nitrogen and oxygen atoms in total. The molecule has 0 amide bonds. The Balaban J connectivity index is 0.000000333. The van der Waals surface area contributed by atoms with E-state index < -0.39 is 0 Å². The van der Waals surface area contributed by atoms with Gasteiger partial charge in [0.1, 0.15) is 13.2 Å². The van der Waals surface area contributed by atoms with E-state index in [9.17, 15) is 0 Å². The minimum Gasteiger partial charge on any atom is -0.486 e. The molecule has 0 atom stereocenters. The van der Waals surface area contributed by atoms with Gasteiger partial charge in [-0.05, 0) is 30.8 Å². The Bertz CT molecular complexity index is 524. The lowest BCUT2D eigenvalue weighted by atomic mass is 10.3. The smallest absolute Gasteiger partial charge is 0.174 e. The lowest BCUT2D eigenvalue weighted by Gasteiger charge is -2.17. The van der Waals surface area contributed by atoms with E-state index in [0.717, 1.165) is 23.6 Å². The van der Waals surface area contributed by atoms with E-state index in [-0.39, 0.29) is 0 Å². The van der Waals surface area contributed by atoms with Crippen LogP contribution in [0.4, 0.5) is 0 Å². The molecule has 2 aromatic rings. The van der Waals surface area contributed by atoms with Crippen LogP contribution in [-0.2, 0) is 6.42 Å². The first kappa shape index (κ1) is 20.2. The maximum atomic E-state index is 5.30. The third kappa shape index (κ3) is 7.31. The molecule has 0 unspecified atom stereocenters. The number of rotatable bonds is 1. The summed E-state index contributed by atoms with van der Waals surface area (Å²) in [7, 11) is 0. The first-order chi connectivity index (χ1) is 10.8. The van der Waals surface area contributed by atoms with E-state index >= 15 is 0 Å². The summed E-state index contributed by atoms with van der Waals surface area (Å²) >= 11 is 4.79. The molecule has 0 saturated heterocycles. The minimum absolute atomic E-state index is 0.664. The van der Waals surface area contributed by atoms with Crippen molar-refractivity contribution in [1.82, 2.24) is 9.97 Å². The SMILES string of the molecule is CC.CC.CCc1c[nH]c(=S)[nH]1.c1ccc2c(c1)OCCO2. The summed E-state index contributed by atoms with van der Waals surface area (Å²) in [6.45, 7) is 11.4. The van der Waals surface area contributed by atoms with Gasteiger partial charge < -0.3 is 19.4 Å². The molecule has 1 aliphatic rings. The van der Waals surface area contributed by atoms with E-state index in [1.165, 1.54) is 0 Å². The summed E-state index contributed by atoms with van der Waals surface area (Å²) in [5.41, 5.74) is 1.16. The third-order valence-electron chi connectivity index (χ3n) is 2.48. The van der Waals surface area contributed by atoms with Crippen molar-refractivity contribution in [3.8, 4) is 11.5 Å². The molecule has 0 spiro atoms. The summed E-state index contributed by atoms with van der Waals surface area (Å²) in [4.78, 5) is 5.86. The topological polar surface area (TPSA) is 50.0 Å². The van der Waals surface area contributed by atoms with Crippen molar-refractivity contribution in [3.05, 3.63) is 40.9 Å². The van der Waals surface area contributed by atoms with Gasteiger partial charge in [0.05, 0.1) is 0 Å². The van der Waals surface area contributed by atoms with Crippen LogP contribution in [0.25, 0.3) is 0 Å². The Morgan fingerprint density at radius 1 is 1.00 bits per heavy atom. The van der Waals surface area contributed by atoms with E-state index in [2.05, 4.69) is 16.9 Å². The molecule has 1 aromatic carbocycles. The second-order valence-electron chi connectivity index (χ2n) is 3.77. The average Bonchev–Trinajstić information content (AvgIpc) is 3.05. The number of aryl methyl sites for hydroxylation is 1. The molecule has 0 radical (unpaired) electrons. The van der Waals surface area contributed by atoms with Crippen molar-refractivity contribution in [2.24, 2.45) is 0 Å². The zero-order valence-corrected chi connectivity index (χ0v) is 15.0. The molecular weight excluding hydrogens is 296 g/mol. The van der Waals surface area contributed by atoms with Crippen molar-refractivity contribution in [2.75, 3.05) is 13.2 Å². The second kappa shape index (κ2) is 13.0. The monoisotopic (exact) mass is 324 g/mol. The van der Waals surface area contributed by atoms with E-state index in [0.29, 0.717) is 18.0 Å². The summed E-state index contributed by atoms with van der Waals surface area (Å²) in [5.74, 6) is 1.71. The normalized spacial score (nSPS) is 10.8. The molecule has 5 heteroatoms. The van der Waals surface area contributed by atoms with Gasteiger partial charge in [-0.1, -0.05) is 46.8 Å². The number of aromatic nitrogens is 2. The molecule has 0 saturated carbocycles. The number of nitrogens with one attached hydrogen (secondary N) is 2. The zero-order chi connectivity index (χ0) is 16.8. The highest BCUT2D eigenvalue weighted by Crippen LogP contribution is 2.28. The van der Waals surface area contributed by atoms with Crippen molar-refractivity contribution in [3.63, 3.8) is 0 Å². The number of benzene rings is 1. The first-order valence-corrected chi connectivity index (χ1v) is 8.31. The van der Waals surface area contributed by atoms with Crippen LogP contribution < -0.4 is 9.47 Å². The fourth-order valence-electron chi connectivity index (χ4n) is 1.55. The van der Waals surface area contributed by atoms with Gasteiger partial charge in [0.15, 0.2) is 16.3 Å². The van der Waals surface area contributed by atoms with Gasteiger partial charge in [0.25, 0.3) is 0 Å².